The minimum absolute atomic E-state index is 0.0740. The van der Waals surface area contributed by atoms with Crippen molar-refractivity contribution >= 4 is 17.6 Å². The molecular weight excluding hydrogens is 333 g/mol. The van der Waals surface area contributed by atoms with Gasteiger partial charge in [0.2, 0.25) is 5.91 Å². The predicted molar refractivity (Wildman–Crippen MR) is 95.1 cm³/mol. The second-order valence-corrected chi connectivity index (χ2v) is 6.82. The van der Waals surface area contributed by atoms with Gasteiger partial charge in [-0.05, 0) is 54.8 Å². The zero-order chi connectivity index (χ0) is 18.4. The predicted octanol–water partition coefficient (Wildman–Crippen LogP) is 3.77. The van der Waals surface area contributed by atoms with E-state index >= 15 is 0 Å². The molecule has 2 aliphatic heterocycles. The van der Waals surface area contributed by atoms with E-state index in [4.69, 9.17) is 4.74 Å². The van der Waals surface area contributed by atoms with Crippen molar-refractivity contribution in [2.45, 2.75) is 26.2 Å². The van der Waals surface area contributed by atoms with E-state index in [0.717, 1.165) is 22.4 Å². The first-order valence-corrected chi connectivity index (χ1v) is 8.51. The van der Waals surface area contributed by atoms with Gasteiger partial charge < -0.3 is 4.74 Å². The van der Waals surface area contributed by atoms with Crippen molar-refractivity contribution in [3.05, 3.63) is 76.2 Å². The van der Waals surface area contributed by atoms with Crippen LogP contribution in [-0.2, 0) is 14.3 Å². The maximum atomic E-state index is 13.3. The molecule has 132 valence electrons. The van der Waals surface area contributed by atoms with Crippen LogP contribution in [-0.4, -0.2) is 18.5 Å². The fraction of sp³-hybridized carbons (Fsp3) is 0.238. The van der Waals surface area contributed by atoms with Crippen LogP contribution >= 0.6 is 0 Å². The fourth-order valence-corrected chi connectivity index (χ4v) is 3.81. The Morgan fingerprint density at radius 1 is 1.04 bits per heavy atom. The summed E-state index contributed by atoms with van der Waals surface area (Å²) in [5, 5.41) is 0. The molecule has 0 aliphatic carbocycles. The Balaban J connectivity index is 1.84. The molecule has 0 fully saturated rings. The molecule has 1 atom stereocenters. The third-order valence-electron chi connectivity index (χ3n) is 4.85. The maximum Gasteiger partial charge on any atom is 0.336 e. The van der Waals surface area contributed by atoms with Crippen molar-refractivity contribution in [3.8, 4) is 0 Å². The van der Waals surface area contributed by atoms with Crippen LogP contribution in [0.25, 0.3) is 0 Å². The molecule has 2 aromatic rings. The number of hydrogen-bond acceptors (Lipinski definition) is 3. The van der Waals surface area contributed by atoms with Gasteiger partial charge in [0.05, 0.1) is 11.3 Å². The summed E-state index contributed by atoms with van der Waals surface area (Å²) in [5.41, 5.74) is 4.66. The van der Waals surface area contributed by atoms with Gasteiger partial charge >= 0.3 is 5.97 Å². The number of carbonyl (C=O) groups excluding carboxylic acids is 2. The Morgan fingerprint density at radius 3 is 2.35 bits per heavy atom. The molecule has 0 bridgehead atoms. The van der Waals surface area contributed by atoms with Crippen LogP contribution in [0.1, 0.15) is 29.0 Å². The molecular formula is C21H18FNO3. The SMILES string of the molecule is Cc1cc(C)cc(N2C(=O)CC(c3ccc(F)cc3)C3=C2COC3=O)c1. The van der Waals surface area contributed by atoms with Crippen molar-refractivity contribution in [1.82, 2.24) is 0 Å². The van der Waals surface area contributed by atoms with Gasteiger partial charge in [0.1, 0.15) is 12.4 Å². The first kappa shape index (κ1) is 16.5. The van der Waals surface area contributed by atoms with Crippen molar-refractivity contribution < 1.29 is 18.7 Å². The number of amides is 1. The molecule has 26 heavy (non-hydrogen) atoms. The molecule has 0 saturated carbocycles. The van der Waals surface area contributed by atoms with Crippen molar-refractivity contribution in [3.63, 3.8) is 0 Å². The smallest absolute Gasteiger partial charge is 0.336 e. The second-order valence-electron chi connectivity index (χ2n) is 6.82. The van der Waals surface area contributed by atoms with Crippen LogP contribution in [0.15, 0.2) is 53.7 Å². The number of anilines is 1. The highest BCUT2D eigenvalue weighted by Crippen LogP contribution is 2.42. The minimum atomic E-state index is -0.407. The number of aryl methyl sites for hydroxylation is 2. The molecule has 1 amide bonds. The number of cyclic esters (lactones) is 1. The summed E-state index contributed by atoms with van der Waals surface area (Å²) in [7, 11) is 0. The van der Waals surface area contributed by atoms with Gasteiger partial charge in [-0.15, -0.1) is 0 Å². The van der Waals surface area contributed by atoms with Gasteiger partial charge in [0, 0.05) is 18.0 Å². The summed E-state index contributed by atoms with van der Waals surface area (Å²) in [6, 6.07) is 11.8. The van der Waals surface area contributed by atoms with Gasteiger partial charge in [0.15, 0.2) is 0 Å². The van der Waals surface area contributed by atoms with Crippen LogP contribution in [0.2, 0.25) is 0 Å². The summed E-state index contributed by atoms with van der Waals surface area (Å²) in [6.45, 7) is 4.01. The number of esters is 1. The number of nitrogens with zero attached hydrogens (tertiary/aromatic N) is 1. The number of carbonyl (C=O) groups is 2. The quantitative estimate of drug-likeness (QED) is 0.774. The Morgan fingerprint density at radius 2 is 1.69 bits per heavy atom. The van der Waals surface area contributed by atoms with Crippen LogP contribution in [0.3, 0.4) is 0 Å². The summed E-state index contributed by atoms with van der Waals surface area (Å²) in [4.78, 5) is 27.0. The third kappa shape index (κ3) is 2.69. The van der Waals surface area contributed by atoms with Crippen LogP contribution in [0.4, 0.5) is 10.1 Å². The average Bonchev–Trinajstić information content (AvgIpc) is 2.95. The Kier molecular flexibility index (Phi) is 3.87. The normalized spacial score (nSPS) is 19.7. The van der Waals surface area contributed by atoms with Gasteiger partial charge in [-0.25, -0.2) is 9.18 Å². The number of rotatable bonds is 2. The average molecular weight is 351 g/mol. The number of hydrogen-bond donors (Lipinski definition) is 0. The van der Waals surface area contributed by atoms with Crippen molar-refractivity contribution in [2.75, 3.05) is 11.5 Å². The molecule has 0 N–H and O–H groups in total. The molecule has 5 heteroatoms. The highest BCUT2D eigenvalue weighted by atomic mass is 19.1. The third-order valence-corrected chi connectivity index (χ3v) is 4.85. The lowest BCUT2D eigenvalue weighted by Gasteiger charge is -2.32. The second kappa shape index (κ2) is 6.09. The Labute approximate surface area is 150 Å². The summed E-state index contributed by atoms with van der Waals surface area (Å²) in [6.07, 6.45) is 0.145. The van der Waals surface area contributed by atoms with Crippen molar-refractivity contribution in [1.29, 1.82) is 0 Å². The van der Waals surface area contributed by atoms with Crippen LogP contribution in [0.5, 0.6) is 0 Å². The monoisotopic (exact) mass is 351 g/mol. The molecule has 0 spiro atoms. The van der Waals surface area contributed by atoms with E-state index in [2.05, 4.69) is 0 Å². The van der Waals surface area contributed by atoms with E-state index < -0.39 is 11.9 Å². The largest absolute Gasteiger partial charge is 0.456 e. The summed E-state index contributed by atoms with van der Waals surface area (Å²) < 4.78 is 18.5. The number of ether oxygens (including phenoxy) is 1. The van der Waals surface area contributed by atoms with Gasteiger partial charge in [-0.3, -0.25) is 9.69 Å². The van der Waals surface area contributed by atoms with E-state index in [1.165, 1.54) is 12.1 Å². The molecule has 4 nitrogen and oxygen atoms in total. The fourth-order valence-electron chi connectivity index (χ4n) is 3.81. The Hall–Kier alpha value is -2.95. The Bertz CT molecular complexity index is 926. The summed E-state index contributed by atoms with van der Waals surface area (Å²) >= 11 is 0. The standard InChI is InChI=1S/C21H18FNO3/c1-12-7-13(2)9-16(8-12)23-18-11-26-21(25)20(18)17(10-19(23)24)14-3-5-15(22)6-4-14/h3-9,17H,10-11H2,1-2H3. The molecule has 0 saturated heterocycles. The van der Waals surface area contributed by atoms with Crippen LogP contribution < -0.4 is 4.90 Å². The minimum Gasteiger partial charge on any atom is -0.456 e. The van der Waals surface area contributed by atoms with E-state index in [1.807, 2.05) is 32.0 Å². The van der Waals surface area contributed by atoms with Gasteiger partial charge in [-0.1, -0.05) is 18.2 Å². The topological polar surface area (TPSA) is 46.6 Å². The van der Waals surface area contributed by atoms with E-state index in [9.17, 15) is 14.0 Å². The molecule has 0 radical (unpaired) electrons. The molecule has 4 rings (SSSR count). The zero-order valence-corrected chi connectivity index (χ0v) is 14.6. The molecule has 2 aliphatic rings. The molecule has 2 aromatic carbocycles. The maximum absolute atomic E-state index is 13.3. The molecule has 1 unspecified atom stereocenters. The lowest BCUT2D eigenvalue weighted by Crippen LogP contribution is -2.37. The molecule has 2 heterocycles. The van der Waals surface area contributed by atoms with E-state index in [-0.39, 0.29) is 24.8 Å². The first-order valence-electron chi connectivity index (χ1n) is 8.51. The lowest BCUT2D eigenvalue weighted by molar-refractivity contribution is -0.136. The lowest BCUT2D eigenvalue weighted by atomic mass is 9.84. The van der Waals surface area contributed by atoms with Gasteiger partial charge in [0.25, 0.3) is 0 Å². The first-order chi connectivity index (χ1) is 12.4. The molecule has 0 aromatic heterocycles. The zero-order valence-electron chi connectivity index (χ0n) is 14.6. The number of halogens is 1. The number of benzene rings is 2. The van der Waals surface area contributed by atoms with Gasteiger partial charge in [-0.2, -0.15) is 0 Å². The summed E-state index contributed by atoms with van der Waals surface area (Å²) in [5.74, 6) is -1.26. The highest BCUT2D eigenvalue weighted by molar-refractivity contribution is 6.06. The van der Waals surface area contributed by atoms with Crippen LogP contribution in [0, 0.1) is 19.7 Å². The van der Waals surface area contributed by atoms with E-state index in [0.29, 0.717) is 11.3 Å². The highest BCUT2D eigenvalue weighted by Gasteiger charge is 2.42. The van der Waals surface area contributed by atoms with Crippen molar-refractivity contribution in [2.24, 2.45) is 0 Å². The van der Waals surface area contributed by atoms with E-state index in [1.54, 1.807) is 17.0 Å².